The van der Waals surface area contributed by atoms with Gasteiger partial charge in [-0.25, -0.2) is 4.98 Å². The topological polar surface area (TPSA) is 33.5 Å². The van der Waals surface area contributed by atoms with E-state index in [4.69, 9.17) is 9.72 Å². The summed E-state index contributed by atoms with van der Waals surface area (Å²) in [6.07, 6.45) is 1.83. The van der Waals surface area contributed by atoms with Crippen molar-refractivity contribution in [3.63, 3.8) is 0 Å². The molecular formula is C74H51N4OPtSi-3. The number of aromatic nitrogens is 2. The number of anilines is 4. The molecule has 2 aromatic heterocycles. The molecule has 0 bridgehead atoms. The Labute approximate surface area is 487 Å². The number of ether oxygens (including phenoxy) is 1. The van der Waals surface area contributed by atoms with Gasteiger partial charge in [-0.15, -0.1) is 41.5 Å². The summed E-state index contributed by atoms with van der Waals surface area (Å²) in [4.78, 5) is 9.60. The van der Waals surface area contributed by atoms with Gasteiger partial charge in [-0.1, -0.05) is 200 Å². The van der Waals surface area contributed by atoms with Crippen molar-refractivity contribution >= 4 is 63.0 Å². The van der Waals surface area contributed by atoms with E-state index in [2.05, 4.69) is 283 Å². The molecule has 0 saturated heterocycles. The fourth-order valence-electron chi connectivity index (χ4n) is 12.2. The van der Waals surface area contributed by atoms with Crippen molar-refractivity contribution in [2.75, 3.05) is 9.80 Å². The summed E-state index contributed by atoms with van der Waals surface area (Å²) in [6, 6.07) is 101. The predicted octanol–water partition coefficient (Wildman–Crippen LogP) is 18.1. The zero-order valence-corrected chi connectivity index (χ0v) is 47.8. The maximum atomic E-state index is 6.88. The first-order valence-corrected chi connectivity index (χ1v) is 30.3. The molecule has 0 amide bonds. The Kier molecular flexibility index (Phi) is 12.6. The van der Waals surface area contributed by atoms with Gasteiger partial charge in [0.25, 0.3) is 0 Å². The zero-order chi connectivity index (χ0) is 53.3. The molecule has 0 N–H and O–H groups in total. The van der Waals surface area contributed by atoms with E-state index in [1.165, 1.54) is 16.1 Å². The number of benzene rings is 11. The summed E-state index contributed by atoms with van der Waals surface area (Å²) in [5, 5.41) is 4.89. The van der Waals surface area contributed by atoms with Gasteiger partial charge in [-0.3, -0.25) is 0 Å². The average molecular weight is 1240 g/mol. The molecule has 0 spiro atoms. The number of fused-ring (bicyclic) bond motifs is 5. The third-order valence-corrected chi connectivity index (χ3v) is 19.6. The molecule has 13 aromatic rings. The smallest absolute Gasteiger partial charge is 0.135 e. The number of nitrogens with zero attached hydrogens (tertiary/aromatic N) is 4. The normalized spacial score (nSPS) is 13.0. The summed E-state index contributed by atoms with van der Waals surface area (Å²) in [6.45, 7) is 7.24. The van der Waals surface area contributed by atoms with E-state index in [-0.39, 0.29) is 21.1 Å². The minimum absolute atomic E-state index is 0. The Morgan fingerprint density at radius 2 is 0.914 bits per heavy atom. The van der Waals surface area contributed by atoms with Crippen LogP contribution in [0.2, 0.25) is 13.1 Å². The first kappa shape index (κ1) is 49.9. The van der Waals surface area contributed by atoms with Crippen LogP contribution in [0.25, 0.3) is 94.4 Å². The Hall–Kier alpha value is -9.32. The van der Waals surface area contributed by atoms with Crippen molar-refractivity contribution in [1.29, 1.82) is 0 Å². The van der Waals surface area contributed by atoms with E-state index in [9.17, 15) is 0 Å². The van der Waals surface area contributed by atoms with Crippen LogP contribution in [0, 0.1) is 18.8 Å². The van der Waals surface area contributed by atoms with Gasteiger partial charge >= 0.3 is 0 Å². The molecule has 0 atom stereocenters. The van der Waals surface area contributed by atoms with E-state index in [1.807, 2.05) is 30.5 Å². The number of para-hydroxylation sites is 3. The van der Waals surface area contributed by atoms with E-state index in [0.29, 0.717) is 11.5 Å². The molecular weight excluding hydrogens is 1180 g/mol. The molecule has 5 nitrogen and oxygen atoms in total. The van der Waals surface area contributed by atoms with E-state index >= 15 is 0 Å². The van der Waals surface area contributed by atoms with Crippen LogP contribution in [0.3, 0.4) is 0 Å². The number of hydrogen-bond donors (Lipinski definition) is 0. The standard InChI is InChI=1S/C74H51N4OSi.Pt/c1-80(2)70-39-37-61(79-60-36-38-65-64-29-15-16-32-66(64)78(68(65)47-60)72-35-17-18-40-75-72)48-69(70)77-49-76(67-33-20-34-71(80)74(67)77)73-62(58-43-54(50-21-7-3-8-22-50)41-55(44-58)51-23-9-4-10-24-51)30-19-31-63(73)59-45-56(52-25-11-5-12-26-52)42-57(46-59)53-27-13-6-14-28-53;/h3-46,49H,1-2H3;/q-3;. The predicted molar refractivity (Wildman–Crippen MR) is 334 cm³/mol. The van der Waals surface area contributed by atoms with Gasteiger partial charge in [-0.2, -0.15) is 12.1 Å². The molecule has 4 heterocycles. The second-order valence-electron chi connectivity index (χ2n) is 21.2. The van der Waals surface area contributed by atoms with Crippen molar-refractivity contribution in [2.24, 2.45) is 0 Å². The van der Waals surface area contributed by atoms with Gasteiger partial charge < -0.3 is 19.1 Å². The molecule has 2 aliphatic heterocycles. The first-order valence-electron chi connectivity index (χ1n) is 27.3. The number of hydrogen-bond acceptors (Lipinski definition) is 4. The van der Waals surface area contributed by atoms with Crippen molar-refractivity contribution < 1.29 is 25.8 Å². The maximum absolute atomic E-state index is 6.88. The van der Waals surface area contributed by atoms with Gasteiger partial charge in [0.15, 0.2) is 0 Å². The average Bonchev–Trinajstić information content (AvgIpc) is 4.22. The minimum Gasteiger partial charge on any atom is -0.509 e. The molecule has 15 rings (SSSR count). The molecule has 0 aliphatic carbocycles. The van der Waals surface area contributed by atoms with Crippen molar-refractivity contribution in [3.8, 4) is 84.1 Å². The quantitative estimate of drug-likeness (QED) is 0.101. The summed E-state index contributed by atoms with van der Waals surface area (Å²) >= 11 is 0. The zero-order valence-electron chi connectivity index (χ0n) is 44.5. The molecule has 390 valence electrons. The molecule has 81 heavy (non-hydrogen) atoms. The Bertz CT molecular complexity index is 4250. The van der Waals surface area contributed by atoms with Crippen LogP contribution in [0.1, 0.15) is 0 Å². The van der Waals surface area contributed by atoms with Gasteiger partial charge in [0.05, 0.1) is 8.07 Å². The summed E-state index contributed by atoms with van der Waals surface area (Å²) in [7, 11) is -2.34. The minimum atomic E-state index is -2.34. The summed E-state index contributed by atoms with van der Waals surface area (Å²) in [5.41, 5.74) is 20.1. The van der Waals surface area contributed by atoms with Crippen molar-refractivity contribution in [1.82, 2.24) is 9.55 Å². The van der Waals surface area contributed by atoms with Crippen LogP contribution in [0.4, 0.5) is 22.7 Å². The van der Waals surface area contributed by atoms with E-state index in [0.717, 1.165) is 111 Å². The van der Waals surface area contributed by atoms with Gasteiger partial charge in [0, 0.05) is 72.5 Å². The number of rotatable bonds is 10. The Morgan fingerprint density at radius 1 is 0.407 bits per heavy atom. The molecule has 11 aromatic carbocycles. The molecule has 7 heteroatoms. The molecule has 0 fully saturated rings. The van der Waals surface area contributed by atoms with Crippen LogP contribution >= 0.6 is 0 Å². The first-order chi connectivity index (χ1) is 39.4. The largest absolute Gasteiger partial charge is 0.509 e. The van der Waals surface area contributed by atoms with Crippen LogP contribution in [0.5, 0.6) is 11.5 Å². The van der Waals surface area contributed by atoms with E-state index < -0.39 is 8.07 Å². The fraction of sp³-hybridized carbons (Fsp3) is 0.0270. The summed E-state index contributed by atoms with van der Waals surface area (Å²) in [5.74, 6) is 2.05. The fourth-order valence-corrected chi connectivity index (χ4v) is 15.1. The van der Waals surface area contributed by atoms with Crippen LogP contribution in [-0.4, -0.2) is 17.6 Å². The monoisotopic (exact) mass is 1230 g/mol. The van der Waals surface area contributed by atoms with E-state index in [1.54, 1.807) is 0 Å². The molecule has 0 unspecified atom stereocenters. The second-order valence-corrected chi connectivity index (χ2v) is 25.6. The summed E-state index contributed by atoms with van der Waals surface area (Å²) < 4.78 is 9.05. The van der Waals surface area contributed by atoms with Crippen molar-refractivity contribution in [2.45, 2.75) is 13.1 Å². The van der Waals surface area contributed by atoms with Crippen LogP contribution in [-0.2, 0) is 21.1 Å². The Balaban J connectivity index is 0.00000589. The van der Waals surface area contributed by atoms with Crippen molar-refractivity contribution in [3.05, 3.63) is 286 Å². The molecule has 0 radical (unpaired) electrons. The van der Waals surface area contributed by atoms with Gasteiger partial charge in [0.1, 0.15) is 5.82 Å². The van der Waals surface area contributed by atoms with Gasteiger partial charge in [0.2, 0.25) is 0 Å². The van der Waals surface area contributed by atoms with Crippen LogP contribution in [0.15, 0.2) is 267 Å². The van der Waals surface area contributed by atoms with Gasteiger partial charge in [-0.05, 0) is 127 Å². The molecule has 0 saturated carbocycles. The third-order valence-electron chi connectivity index (χ3n) is 16.1. The third kappa shape index (κ3) is 8.71. The maximum Gasteiger partial charge on any atom is 0.135 e. The SMILES string of the molecule is C[Si]1(C)c2ccc(Oc3[c-]c4c(cc3)c3ccccc3n4-c3ccccn3)[c-]c2N2[CH-]N(c3c(-c4cc(-c5ccccc5)cc(-c5ccccc5)c4)cccc3-c3cc(-c4ccccc4)cc(-c4ccccc4)c3)c3cccc1c32.[Pt]. The Morgan fingerprint density at radius 3 is 1.48 bits per heavy atom. The number of pyridine rings is 1. The second kappa shape index (κ2) is 20.4. The van der Waals surface area contributed by atoms with Crippen LogP contribution < -0.4 is 24.9 Å². The molecule has 2 aliphatic rings.